The van der Waals surface area contributed by atoms with Gasteiger partial charge in [0.05, 0.1) is 6.61 Å². The topological polar surface area (TPSA) is 154 Å². The van der Waals surface area contributed by atoms with E-state index in [0.29, 0.717) is 23.4 Å². The summed E-state index contributed by atoms with van der Waals surface area (Å²) in [6.07, 6.45) is 5.80. The molecule has 0 fully saturated rings. The Kier molecular flexibility index (Phi) is 3.31. The third-order valence-corrected chi connectivity index (χ3v) is 3.72. The van der Waals surface area contributed by atoms with E-state index in [9.17, 15) is 8.42 Å². The summed E-state index contributed by atoms with van der Waals surface area (Å²) < 4.78 is 27.9. The Hall–Kier alpha value is -2.11. The van der Waals surface area contributed by atoms with E-state index in [1.807, 2.05) is 12.2 Å². The molecule has 0 aliphatic heterocycles. The number of H-pyrrole nitrogens is 1. The van der Waals surface area contributed by atoms with Gasteiger partial charge in [-0.25, -0.2) is 5.14 Å². The fourth-order valence-corrected chi connectivity index (χ4v) is 2.66. The van der Waals surface area contributed by atoms with Crippen LogP contribution in [0.25, 0.3) is 11.2 Å². The zero-order chi connectivity index (χ0) is 15.0. The first-order valence-corrected chi connectivity index (χ1v) is 7.63. The van der Waals surface area contributed by atoms with Crippen LogP contribution in [0.1, 0.15) is 12.5 Å². The van der Waals surface area contributed by atoms with E-state index >= 15 is 0 Å². The molecule has 2 heterocycles. The molecule has 0 bridgehead atoms. The van der Waals surface area contributed by atoms with E-state index < -0.39 is 10.3 Å². The third-order valence-electron chi connectivity index (χ3n) is 3.26. The van der Waals surface area contributed by atoms with Gasteiger partial charge in [-0.3, -0.25) is 4.18 Å². The average molecular weight is 312 g/mol. The number of fused-ring (bicyclic) bond motifs is 1. The molecule has 10 nitrogen and oxygen atoms in total. The van der Waals surface area contributed by atoms with Crippen LogP contribution in [0, 0.1) is 5.92 Å². The highest BCUT2D eigenvalue weighted by Crippen LogP contribution is 2.25. The quantitative estimate of drug-likeness (QED) is 0.461. The zero-order valence-corrected chi connectivity index (χ0v) is 11.7. The Morgan fingerprint density at radius 2 is 2.24 bits per heavy atom. The van der Waals surface area contributed by atoms with E-state index in [2.05, 4.69) is 24.5 Å². The van der Waals surface area contributed by atoms with Crippen molar-refractivity contribution in [2.45, 2.75) is 12.5 Å². The maximum Gasteiger partial charge on any atom is 0.333 e. The largest absolute Gasteiger partial charge is 0.380 e. The molecule has 2 aromatic rings. The Morgan fingerprint density at radius 3 is 3.00 bits per heavy atom. The SMILES string of the molecule is Nc1ncnc2c1n[nH][n+]2C1C=CC(COS(N)(=O)=O)C1. The second-order valence-electron chi connectivity index (χ2n) is 4.74. The van der Waals surface area contributed by atoms with Crippen LogP contribution in [0.2, 0.25) is 0 Å². The highest BCUT2D eigenvalue weighted by molar-refractivity contribution is 7.84. The van der Waals surface area contributed by atoms with E-state index in [4.69, 9.17) is 10.9 Å². The normalized spacial score (nSPS) is 22.1. The first-order valence-electron chi connectivity index (χ1n) is 6.15. The molecule has 3 rings (SSSR count). The molecule has 0 saturated heterocycles. The van der Waals surface area contributed by atoms with Crippen molar-refractivity contribution in [1.82, 2.24) is 20.3 Å². The Bertz CT molecular complexity index is 800. The number of allylic oxidation sites excluding steroid dienone is 1. The number of rotatable bonds is 4. The number of hydrogen-bond acceptors (Lipinski definition) is 7. The van der Waals surface area contributed by atoms with Crippen LogP contribution in [0.3, 0.4) is 0 Å². The molecule has 2 unspecified atom stereocenters. The van der Waals surface area contributed by atoms with Crippen LogP contribution in [-0.2, 0) is 14.5 Å². The Balaban J connectivity index is 1.77. The molecule has 11 heteroatoms. The summed E-state index contributed by atoms with van der Waals surface area (Å²) in [4.78, 5) is 8.02. The van der Waals surface area contributed by atoms with E-state index in [1.54, 1.807) is 4.68 Å². The Morgan fingerprint density at radius 1 is 1.43 bits per heavy atom. The second kappa shape index (κ2) is 5.02. The molecule has 2 aromatic heterocycles. The molecule has 0 radical (unpaired) electrons. The standard InChI is InChI=1S/C10H13N7O3S/c11-9-8-10(14-5-13-9)17(16-15-8)7-2-1-6(3-7)4-20-21(12,18)19/h1-2,5-7H,3-4H2,(H4,11,12,13,14,16,18,19)/p+1. The van der Waals surface area contributed by atoms with E-state index in [1.165, 1.54) is 6.33 Å². The van der Waals surface area contributed by atoms with Gasteiger partial charge in [-0.1, -0.05) is 11.1 Å². The van der Waals surface area contributed by atoms with Crippen LogP contribution in [-0.4, -0.2) is 35.3 Å². The highest BCUT2D eigenvalue weighted by atomic mass is 32.2. The summed E-state index contributed by atoms with van der Waals surface area (Å²) in [5.41, 5.74) is 6.81. The number of hydrogen-bond donors (Lipinski definition) is 3. The lowest BCUT2D eigenvalue weighted by atomic mass is 10.1. The molecular weight excluding hydrogens is 298 g/mol. The van der Waals surface area contributed by atoms with Gasteiger partial charge in [0.15, 0.2) is 12.1 Å². The molecule has 2 atom stereocenters. The summed E-state index contributed by atoms with van der Waals surface area (Å²) in [7, 11) is -3.92. The number of anilines is 1. The lowest BCUT2D eigenvalue weighted by Crippen LogP contribution is -2.41. The summed E-state index contributed by atoms with van der Waals surface area (Å²) in [5.74, 6) is 0.240. The maximum absolute atomic E-state index is 10.8. The lowest BCUT2D eigenvalue weighted by molar-refractivity contribution is -0.746. The number of nitrogens with two attached hydrogens (primary N) is 2. The third kappa shape index (κ3) is 2.84. The van der Waals surface area contributed by atoms with Gasteiger partial charge in [0.2, 0.25) is 0 Å². The van der Waals surface area contributed by atoms with Crippen molar-refractivity contribution in [3.8, 4) is 0 Å². The molecule has 112 valence electrons. The number of nitrogens with zero attached hydrogens (tertiary/aromatic N) is 4. The number of nitrogens with one attached hydrogen (secondary N) is 1. The maximum atomic E-state index is 10.8. The lowest BCUT2D eigenvalue weighted by Gasteiger charge is -2.09. The van der Waals surface area contributed by atoms with E-state index in [-0.39, 0.29) is 18.6 Å². The van der Waals surface area contributed by atoms with Crippen molar-refractivity contribution < 1.29 is 17.3 Å². The minimum atomic E-state index is -3.92. The van der Waals surface area contributed by atoms with Crippen LogP contribution >= 0.6 is 0 Å². The predicted octanol–water partition coefficient (Wildman–Crippen LogP) is -1.44. The molecular formula is C10H14N7O3S+. The van der Waals surface area contributed by atoms with Crippen molar-refractivity contribution in [3.05, 3.63) is 18.5 Å². The van der Waals surface area contributed by atoms with E-state index in [0.717, 1.165) is 0 Å². The minimum Gasteiger partial charge on any atom is -0.380 e. The van der Waals surface area contributed by atoms with Crippen molar-refractivity contribution in [2.75, 3.05) is 12.3 Å². The van der Waals surface area contributed by atoms with Crippen molar-refractivity contribution >= 4 is 27.3 Å². The second-order valence-corrected chi connectivity index (χ2v) is 5.96. The molecule has 0 aromatic carbocycles. The minimum absolute atomic E-state index is 0.00951. The highest BCUT2D eigenvalue weighted by Gasteiger charge is 2.28. The van der Waals surface area contributed by atoms with Crippen LogP contribution in [0.15, 0.2) is 18.5 Å². The molecule has 0 saturated carbocycles. The fourth-order valence-electron chi connectivity index (χ4n) is 2.30. The smallest absolute Gasteiger partial charge is 0.333 e. The molecule has 21 heavy (non-hydrogen) atoms. The van der Waals surface area contributed by atoms with Crippen LogP contribution in [0.4, 0.5) is 5.82 Å². The fraction of sp³-hybridized carbons (Fsp3) is 0.400. The molecule has 1 aliphatic rings. The first-order chi connectivity index (χ1) is 9.94. The average Bonchev–Trinajstić information content (AvgIpc) is 3.02. The van der Waals surface area contributed by atoms with Crippen LogP contribution in [0.5, 0.6) is 0 Å². The van der Waals surface area contributed by atoms with Gasteiger partial charge in [-0.2, -0.15) is 18.1 Å². The predicted molar refractivity (Wildman–Crippen MR) is 71.6 cm³/mol. The van der Waals surface area contributed by atoms with Gasteiger partial charge in [-0.15, -0.1) is 5.21 Å². The number of aromatic amines is 1. The number of nitrogen functional groups attached to an aromatic ring is 1. The Labute approximate surface area is 120 Å². The van der Waals surface area contributed by atoms with Crippen molar-refractivity contribution in [2.24, 2.45) is 11.1 Å². The monoisotopic (exact) mass is 312 g/mol. The molecule has 1 aliphatic carbocycles. The summed E-state index contributed by atoms with van der Waals surface area (Å²) >= 11 is 0. The summed E-state index contributed by atoms with van der Waals surface area (Å²) in [6, 6.07) is -0.0432. The zero-order valence-electron chi connectivity index (χ0n) is 10.9. The van der Waals surface area contributed by atoms with Crippen molar-refractivity contribution in [3.63, 3.8) is 0 Å². The van der Waals surface area contributed by atoms with Gasteiger partial charge in [0.1, 0.15) is 6.04 Å². The van der Waals surface area contributed by atoms with Crippen LogP contribution < -0.4 is 15.6 Å². The number of aromatic nitrogens is 5. The summed E-state index contributed by atoms with van der Waals surface area (Å²) in [5, 5.41) is 11.7. The summed E-state index contributed by atoms with van der Waals surface area (Å²) in [6.45, 7) is 0.00951. The molecule has 0 spiro atoms. The van der Waals surface area contributed by atoms with Gasteiger partial charge in [0, 0.05) is 5.92 Å². The van der Waals surface area contributed by atoms with Crippen molar-refractivity contribution in [1.29, 1.82) is 0 Å². The first kappa shape index (κ1) is 13.9. The van der Waals surface area contributed by atoms with Gasteiger partial charge in [-0.05, 0) is 17.6 Å². The van der Waals surface area contributed by atoms with Gasteiger partial charge >= 0.3 is 16.0 Å². The molecule has 0 amide bonds. The molecule has 5 N–H and O–H groups in total. The van der Waals surface area contributed by atoms with Gasteiger partial charge in [0.25, 0.3) is 5.52 Å². The van der Waals surface area contributed by atoms with Gasteiger partial charge < -0.3 is 5.73 Å².